The fraction of sp³-hybridized carbons (Fsp3) is 0.200. The molecule has 0 unspecified atom stereocenters. The molecule has 2 aliphatic heterocycles. The van der Waals surface area contributed by atoms with Gasteiger partial charge in [0.1, 0.15) is 11.1 Å². The van der Waals surface area contributed by atoms with Crippen LogP contribution in [0.5, 0.6) is 0 Å². The van der Waals surface area contributed by atoms with E-state index in [4.69, 9.17) is 4.18 Å². The molecule has 0 aliphatic carbocycles. The zero-order valence-electron chi connectivity index (χ0n) is 5.11. The molecule has 0 bridgehead atoms. The van der Waals surface area contributed by atoms with Gasteiger partial charge in [-0.2, -0.15) is 4.83 Å². The Morgan fingerprint density at radius 2 is 2.70 bits per heavy atom. The summed E-state index contributed by atoms with van der Waals surface area (Å²) in [5, 5.41) is 1.95. The molecule has 0 atom stereocenters. The normalized spacial score (nSPS) is 23.2. The van der Waals surface area contributed by atoms with E-state index in [2.05, 4.69) is 10.9 Å². The Morgan fingerprint density at radius 1 is 1.70 bits per heavy atom. The second-order valence-electron chi connectivity index (χ2n) is 1.87. The van der Waals surface area contributed by atoms with Gasteiger partial charge in [0.2, 0.25) is 5.88 Å². The molecule has 5 heteroatoms. The number of nitrogens with zero attached hydrogens (tertiary/aromatic N) is 1. The monoisotopic (exact) mass is 174 g/mol. The van der Waals surface area contributed by atoms with E-state index in [-0.39, 0.29) is 0 Å². The summed E-state index contributed by atoms with van der Waals surface area (Å²) >= 11 is 1.34. The van der Waals surface area contributed by atoms with Crippen molar-refractivity contribution in [3.8, 4) is 0 Å². The molecule has 0 radical (unpaired) electrons. The van der Waals surface area contributed by atoms with E-state index < -0.39 is 0 Å². The molecule has 0 aromatic heterocycles. The number of allylic oxidation sites excluding steroid dienone is 2. The summed E-state index contributed by atoms with van der Waals surface area (Å²) < 4.78 is 5.23. The zero-order chi connectivity index (χ0) is 6.81. The third-order valence-electron chi connectivity index (χ3n) is 1.23. The summed E-state index contributed by atoms with van der Waals surface area (Å²) in [6.45, 7) is 0.874. The van der Waals surface area contributed by atoms with Gasteiger partial charge in [-0.3, -0.25) is 5.01 Å². The summed E-state index contributed by atoms with van der Waals surface area (Å²) in [7, 11) is 1.48. The molecule has 0 spiro atoms. The Hall–Kier alpha value is -0.260. The van der Waals surface area contributed by atoms with Crippen LogP contribution in [0.2, 0.25) is 0 Å². The van der Waals surface area contributed by atoms with Crippen molar-refractivity contribution in [3.05, 3.63) is 24.1 Å². The molecular weight excluding hydrogens is 168 g/mol. The van der Waals surface area contributed by atoms with Crippen LogP contribution in [-0.2, 0) is 4.18 Å². The van der Waals surface area contributed by atoms with Gasteiger partial charge in [0, 0.05) is 6.08 Å². The molecule has 2 heterocycles. The Bertz CT molecular complexity index is 192. The van der Waals surface area contributed by atoms with Crippen LogP contribution < -0.4 is 4.83 Å². The fourth-order valence-electron chi connectivity index (χ4n) is 0.764. The number of hydrazine groups is 1. The Morgan fingerprint density at radius 3 is 3.60 bits per heavy atom. The maximum absolute atomic E-state index is 5.23. The molecule has 0 saturated carbocycles. The van der Waals surface area contributed by atoms with E-state index in [1.54, 1.807) is 0 Å². The maximum atomic E-state index is 5.23. The van der Waals surface area contributed by atoms with Crippen molar-refractivity contribution in [3.63, 3.8) is 0 Å². The Balaban J connectivity index is 2.14. The molecule has 0 aromatic carbocycles. The van der Waals surface area contributed by atoms with Gasteiger partial charge in [-0.25, -0.2) is 0 Å². The molecule has 10 heavy (non-hydrogen) atoms. The minimum absolute atomic E-state index is 0.874. The summed E-state index contributed by atoms with van der Waals surface area (Å²) in [6, 6.07) is 0. The van der Waals surface area contributed by atoms with Crippen molar-refractivity contribution in [2.75, 3.05) is 6.54 Å². The van der Waals surface area contributed by atoms with E-state index in [9.17, 15) is 0 Å². The fourth-order valence-corrected chi connectivity index (χ4v) is 1.97. The topological polar surface area (TPSA) is 24.5 Å². The molecule has 1 saturated heterocycles. The molecular formula is C5H6N2OS2. The van der Waals surface area contributed by atoms with Gasteiger partial charge in [0.15, 0.2) is 0 Å². The molecule has 2 aliphatic rings. The van der Waals surface area contributed by atoms with Crippen LogP contribution in [0.25, 0.3) is 0 Å². The molecule has 0 aromatic rings. The van der Waals surface area contributed by atoms with Crippen LogP contribution in [0.3, 0.4) is 0 Å². The summed E-state index contributed by atoms with van der Waals surface area (Å²) in [4.78, 5) is 3.09. The van der Waals surface area contributed by atoms with Crippen molar-refractivity contribution >= 4 is 22.1 Å². The van der Waals surface area contributed by atoms with Crippen molar-refractivity contribution in [2.45, 2.75) is 0 Å². The average Bonchev–Trinajstić information content (AvgIpc) is 2.05. The number of fused-ring (bicyclic) bond motifs is 1. The third-order valence-corrected chi connectivity index (χ3v) is 2.46. The van der Waals surface area contributed by atoms with E-state index in [0.29, 0.717) is 0 Å². The van der Waals surface area contributed by atoms with Gasteiger partial charge in [-0.1, -0.05) is 12.2 Å². The minimum atomic E-state index is 0.874. The second kappa shape index (κ2) is 2.77. The molecule has 1 N–H and O–H groups in total. The minimum Gasteiger partial charge on any atom is -0.394 e. The average molecular weight is 174 g/mol. The molecule has 2 rings (SSSR count). The number of hydrogen-bond acceptors (Lipinski definition) is 5. The lowest BCUT2D eigenvalue weighted by Gasteiger charge is -2.29. The Kier molecular flexibility index (Phi) is 1.79. The second-order valence-corrected chi connectivity index (χ2v) is 3.43. The lowest BCUT2D eigenvalue weighted by atomic mass is 10.4. The van der Waals surface area contributed by atoms with Gasteiger partial charge in [-0.05, 0) is 0 Å². The SMILES string of the molecule is C1=CCN2NSSOC2=C1. The largest absolute Gasteiger partial charge is 0.394 e. The quantitative estimate of drug-likeness (QED) is 0.340. The first kappa shape index (κ1) is 6.45. The van der Waals surface area contributed by atoms with E-state index >= 15 is 0 Å². The smallest absolute Gasteiger partial charge is 0.221 e. The molecule has 0 amide bonds. The van der Waals surface area contributed by atoms with Crippen molar-refractivity contribution in [1.82, 2.24) is 9.84 Å². The van der Waals surface area contributed by atoms with Crippen LogP contribution in [0.4, 0.5) is 0 Å². The highest BCUT2D eigenvalue weighted by molar-refractivity contribution is 8.74. The standard InChI is InChI=1S/C5H6N2OS2/c1-2-4-7-5(3-1)8-10-9-6-7/h1-3,6H,4H2. The number of rotatable bonds is 0. The van der Waals surface area contributed by atoms with Crippen LogP contribution in [0.1, 0.15) is 0 Å². The zero-order valence-corrected chi connectivity index (χ0v) is 6.74. The van der Waals surface area contributed by atoms with Gasteiger partial charge < -0.3 is 4.18 Å². The highest BCUT2D eigenvalue weighted by Crippen LogP contribution is 2.30. The van der Waals surface area contributed by atoms with Crippen LogP contribution in [0, 0.1) is 0 Å². The first-order valence-electron chi connectivity index (χ1n) is 2.87. The summed E-state index contributed by atoms with van der Waals surface area (Å²) in [6.07, 6.45) is 5.99. The van der Waals surface area contributed by atoms with Gasteiger partial charge in [0.25, 0.3) is 0 Å². The highest BCUT2D eigenvalue weighted by Gasteiger charge is 2.17. The van der Waals surface area contributed by atoms with Gasteiger partial charge in [-0.15, -0.1) is 0 Å². The molecule has 3 nitrogen and oxygen atoms in total. The van der Waals surface area contributed by atoms with Crippen molar-refractivity contribution < 1.29 is 4.18 Å². The van der Waals surface area contributed by atoms with Gasteiger partial charge >= 0.3 is 0 Å². The lowest BCUT2D eigenvalue weighted by molar-refractivity contribution is 0.228. The van der Waals surface area contributed by atoms with E-state index in [1.165, 1.54) is 22.1 Å². The predicted octanol–water partition coefficient (Wildman–Crippen LogP) is 1.45. The third kappa shape index (κ3) is 1.12. The highest BCUT2D eigenvalue weighted by atomic mass is 33.1. The van der Waals surface area contributed by atoms with Crippen LogP contribution >= 0.6 is 22.1 Å². The van der Waals surface area contributed by atoms with E-state index in [0.717, 1.165) is 12.4 Å². The van der Waals surface area contributed by atoms with Crippen LogP contribution in [-0.4, -0.2) is 11.6 Å². The molecule has 54 valence electrons. The van der Waals surface area contributed by atoms with E-state index in [1.807, 2.05) is 17.2 Å². The van der Waals surface area contributed by atoms with Crippen molar-refractivity contribution in [1.29, 1.82) is 0 Å². The van der Waals surface area contributed by atoms with Gasteiger partial charge in [0.05, 0.1) is 17.5 Å². The summed E-state index contributed by atoms with van der Waals surface area (Å²) in [5.74, 6) is 0.881. The maximum Gasteiger partial charge on any atom is 0.221 e. The first-order chi connectivity index (χ1) is 4.97. The Labute approximate surface area is 67.2 Å². The predicted molar refractivity (Wildman–Crippen MR) is 43.3 cm³/mol. The summed E-state index contributed by atoms with van der Waals surface area (Å²) in [5.41, 5.74) is 0. The first-order valence-corrected chi connectivity index (χ1v) is 4.94. The number of nitrogens with one attached hydrogen (secondary N) is 1. The van der Waals surface area contributed by atoms with Crippen LogP contribution in [0.15, 0.2) is 24.1 Å². The molecule has 1 fully saturated rings. The number of hydrogen-bond donors (Lipinski definition) is 1. The van der Waals surface area contributed by atoms with Crippen molar-refractivity contribution in [2.24, 2.45) is 0 Å². The lowest BCUT2D eigenvalue weighted by Crippen LogP contribution is -2.36.